The molecule has 0 spiro atoms. The molecule has 0 aliphatic rings. The van der Waals surface area contributed by atoms with E-state index in [1.807, 2.05) is 0 Å². The number of hydrogen-bond donors (Lipinski definition) is 2. The summed E-state index contributed by atoms with van der Waals surface area (Å²) in [6.07, 6.45) is 6.24. The minimum absolute atomic E-state index is 0.834. The van der Waals surface area contributed by atoms with Crippen molar-refractivity contribution in [1.29, 1.82) is 0 Å². The third-order valence-corrected chi connectivity index (χ3v) is 1.60. The fourth-order valence-corrected chi connectivity index (χ4v) is 0.971. The lowest BCUT2D eigenvalue weighted by atomic mass is 10.4. The Morgan fingerprint density at radius 1 is 1.23 bits per heavy atom. The van der Waals surface area contributed by atoms with Crippen molar-refractivity contribution >= 4 is 5.82 Å². The van der Waals surface area contributed by atoms with E-state index in [-0.39, 0.29) is 0 Å². The number of nitrogens with zero attached hydrogens (tertiary/aromatic N) is 2. The quantitative estimate of drug-likeness (QED) is 0.638. The van der Waals surface area contributed by atoms with E-state index in [1.165, 1.54) is 6.42 Å². The molecule has 0 aliphatic carbocycles. The topological polar surface area (TPSA) is 49.8 Å². The second-order valence-electron chi connectivity index (χ2n) is 2.77. The summed E-state index contributed by atoms with van der Waals surface area (Å²) < 4.78 is 0. The van der Waals surface area contributed by atoms with Crippen molar-refractivity contribution in [2.24, 2.45) is 0 Å². The molecule has 1 rings (SSSR count). The summed E-state index contributed by atoms with van der Waals surface area (Å²) in [6, 6.07) is 0. The third kappa shape index (κ3) is 4.42. The number of aromatic nitrogens is 2. The van der Waals surface area contributed by atoms with Gasteiger partial charge in [0.25, 0.3) is 0 Å². The number of anilines is 1. The molecule has 0 radical (unpaired) electrons. The number of rotatable bonds is 6. The van der Waals surface area contributed by atoms with Gasteiger partial charge in [0, 0.05) is 25.5 Å². The molecule has 1 heterocycles. The molecule has 0 unspecified atom stereocenters. The lowest BCUT2D eigenvalue weighted by molar-refractivity contribution is 0.687. The SMILES string of the molecule is CCCNCCNc1cnccn1. The minimum atomic E-state index is 0.834. The zero-order valence-electron chi connectivity index (χ0n) is 7.95. The second kappa shape index (κ2) is 6.37. The Morgan fingerprint density at radius 2 is 2.15 bits per heavy atom. The van der Waals surface area contributed by atoms with Crippen molar-refractivity contribution in [3.05, 3.63) is 18.6 Å². The fraction of sp³-hybridized carbons (Fsp3) is 0.556. The van der Waals surface area contributed by atoms with Crippen LogP contribution in [0.1, 0.15) is 13.3 Å². The molecule has 0 saturated heterocycles. The summed E-state index contributed by atoms with van der Waals surface area (Å²) >= 11 is 0. The molecule has 0 saturated carbocycles. The highest BCUT2D eigenvalue weighted by atomic mass is 15.0. The van der Waals surface area contributed by atoms with Crippen LogP contribution < -0.4 is 10.6 Å². The Bertz CT molecular complexity index is 212. The maximum absolute atomic E-state index is 4.10. The van der Waals surface area contributed by atoms with E-state index in [4.69, 9.17) is 0 Å². The maximum Gasteiger partial charge on any atom is 0.144 e. The van der Waals surface area contributed by atoms with Gasteiger partial charge >= 0.3 is 0 Å². The van der Waals surface area contributed by atoms with Crippen LogP contribution in [0, 0.1) is 0 Å². The van der Waals surface area contributed by atoms with Gasteiger partial charge in [-0.05, 0) is 13.0 Å². The van der Waals surface area contributed by atoms with Gasteiger partial charge in [0.05, 0.1) is 6.20 Å². The Hall–Kier alpha value is -1.16. The van der Waals surface area contributed by atoms with Gasteiger partial charge in [-0.1, -0.05) is 6.92 Å². The number of nitrogens with one attached hydrogen (secondary N) is 2. The molecular weight excluding hydrogens is 164 g/mol. The zero-order chi connectivity index (χ0) is 9.36. The van der Waals surface area contributed by atoms with Crippen LogP contribution in [0.25, 0.3) is 0 Å². The molecule has 0 atom stereocenters. The van der Waals surface area contributed by atoms with Gasteiger partial charge in [0.1, 0.15) is 5.82 Å². The van der Waals surface area contributed by atoms with Gasteiger partial charge in [-0.25, -0.2) is 4.98 Å². The zero-order valence-corrected chi connectivity index (χ0v) is 7.95. The molecule has 1 aromatic rings. The lowest BCUT2D eigenvalue weighted by Gasteiger charge is -2.04. The Kier molecular flexibility index (Phi) is 4.86. The summed E-state index contributed by atoms with van der Waals surface area (Å²) in [5.74, 6) is 0.834. The highest BCUT2D eigenvalue weighted by Crippen LogP contribution is 1.94. The predicted molar refractivity (Wildman–Crippen MR) is 53.7 cm³/mol. The van der Waals surface area contributed by atoms with Crippen molar-refractivity contribution in [3.63, 3.8) is 0 Å². The fourth-order valence-electron chi connectivity index (χ4n) is 0.971. The summed E-state index contributed by atoms with van der Waals surface area (Å²) in [6.45, 7) is 5.08. The first kappa shape index (κ1) is 9.92. The maximum atomic E-state index is 4.10. The van der Waals surface area contributed by atoms with Crippen molar-refractivity contribution in [2.45, 2.75) is 13.3 Å². The van der Waals surface area contributed by atoms with Gasteiger partial charge < -0.3 is 10.6 Å². The van der Waals surface area contributed by atoms with Gasteiger partial charge in [-0.15, -0.1) is 0 Å². The van der Waals surface area contributed by atoms with E-state index in [0.29, 0.717) is 0 Å². The average Bonchev–Trinajstić information content (AvgIpc) is 2.19. The summed E-state index contributed by atoms with van der Waals surface area (Å²) in [5, 5.41) is 6.46. The molecular formula is C9H16N4. The number of hydrogen-bond acceptors (Lipinski definition) is 4. The molecule has 2 N–H and O–H groups in total. The molecule has 13 heavy (non-hydrogen) atoms. The first-order valence-electron chi connectivity index (χ1n) is 4.64. The van der Waals surface area contributed by atoms with Crippen LogP contribution in [0.3, 0.4) is 0 Å². The standard InChI is InChI=1S/C9H16N4/c1-2-3-10-4-6-12-9-8-11-5-7-13-9/h5,7-8,10H,2-4,6H2,1H3,(H,12,13). The molecule has 0 bridgehead atoms. The van der Waals surface area contributed by atoms with Gasteiger partial charge in [-0.2, -0.15) is 0 Å². The molecule has 0 fully saturated rings. The van der Waals surface area contributed by atoms with Crippen LogP contribution >= 0.6 is 0 Å². The first-order chi connectivity index (χ1) is 6.43. The largest absolute Gasteiger partial charge is 0.368 e. The van der Waals surface area contributed by atoms with Gasteiger partial charge in [0.2, 0.25) is 0 Å². The normalized spacial score (nSPS) is 9.92. The molecule has 0 amide bonds. The van der Waals surface area contributed by atoms with Crippen molar-refractivity contribution in [1.82, 2.24) is 15.3 Å². The third-order valence-electron chi connectivity index (χ3n) is 1.60. The summed E-state index contributed by atoms with van der Waals surface area (Å²) in [4.78, 5) is 8.05. The van der Waals surface area contributed by atoms with Crippen molar-refractivity contribution in [3.8, 4) is 0 Å². The molecule has 0 aliphatic heterocycles. The van der Waals surface area contributed by atoms with E-state index >= 15 is 0 Å². The van der Waals surface area contributed by atoms with Crippen LogP contribution in [0.4, 0.5) is 5.82 Å². The minimum Gasteiger partial charge on any atom is -0.368 e. The second-order valence-corrected chi connectivity index (χ2v) is 2.77. The van der Waals surface area contributed by atoms with Crippen molar-refractivity contribution in [2.75, 3.05) is 25.0 Å². The highest BCUT2D eigenvalue weighted by Gasteiger charge is 1.89. The van der Waals surface area contributed by atoms with Gasteiger partial charge in [0.15, 0.2) is 0 Å². The molecule has 1 aromatic heterocycles. The van der Waals surface area contributed by atoms with E-state index in [1.54, 1.807) is 18.6 Å². The van der Waals surface area contributed by atoms with Crippen LogP contribution in [-0.2, 0) is 0 Å². The monoisotopic (exact) mass is 180 g/mol. The van der Waals surface area contributed by atoms with E-state index in [9.17, 15) is 0 Å². The van der Waals surface area contributed by atoms with Crippen LogP contribution in [0.5, 0.6) is 0 Å². The lowest BCUT2D eigenvalue weighted by Crippen LogP contribution is -2.22. The van der Waals surface area contributed by atoms with E-state index in [0.717, 1.165) is 25.5 Å². The molecule has 0 aromatic carbocycles. The van der Waals surface area contributed by atoms with Crippen molar-refractivity contribution < 1.29 is 0 Å². The predicted octanol–water partition coefficient (Wildman–Crippen LogP) is 0.888. The first-order valence-corrected chi connectivity index (χ1v) is 4.64. The van der Waals surface area contributed by atoms with Crippen LogP contribution in [0.2, 0.25) is 0 Å². The van der Waals surface area contributed by atoms with E-state index in [2.05, 4.69) is 27.5 Å². The average molecular weight is 180 g/mol. The summed E-state index contributed by atoms with van der Waals surface area (Å²) in [7, 11) is 0. The summed E-state index contributed by atoms with van der Waals surface area (Å²) in [5.41, 5.74) is 0. The Morgan fingerprint density at radius 3 is 2.85 bits per heavy atom. The highest BCUT2D eigenvalue weighted by molar-refractivity contribution is 5.29. The van der Waals surface area contributed by atoms with Gasteiger partial charge in [-0.3, -0.25) is 4.98 Å². The Labute approximate surface area is 78.8 Å². The van der Waals surface area contributed by atoms with Crippen LogP contribution in [0.15, 0.2) is 18.6 Å². The molecule has 4 nitrogen and oxygen atoms in total. The Balaban J connectivity index is 2.07. The smallest absolute Gasteiger partial charge is 0.144 e. The molecule has 4 heteroatoms. The van der Waals surface area contributed by atoms with Crippen LogP contribution in [-0.4, -0.2) is 29.6 Å². The molecule has 72 valence electrons. The van der Waals surface area contributed by atoms with E-state index < -0.39 is 0 Å².